The highest BCUT2D eigenvalue weighted by Gasteiger charge is 2.42. The fourth-order valence-electron chi connectivity index (χ4n) is 2.02. The van der Waals surface area contributed by atoms with E-state index < -0.39 is 33.8 Å². The molecule has 3 nitrogen and oxygen atoms in total. The first-order chi connectivity index (χ1) is 8.24. The van der Waals surface area contributed by atoms with Crippen molar-refractivity contribution in [2.75, 3.05) is 8.10 Å². The smallest absolute Gasteiger partial charge is 0.312 e. The van der Waals surface area contributed by atoms with Gasteiger partial charge in [-0.3, -0.25) is 0 Å². The third-order valence-corrected chi connectivity index (χ3v) is 26.8. The van der Waals surface area contributed by atoms with E-state index in [1.165, 1.54) is 0 Å². The molecule has 0 fully saturated rings. The van der Waals surface area contributed by atoms with Crippen LogP contribution in [-0.4, -0.2) is 41.9 Å². The third-order valence-electron chi connectivity index (χ3n) is 2.18. The molecule has 0 amide bonds. The number of hydrogen-bond donors (Lipinski definition) is 0. The molecule has 0 bridgehead atoms. The average molecular weight is 562 g/mol. The zero-order valence-corrected chi connectivity index (χ0v) is 21.7. The van der Waals surface area contributed by atoms with Crippen molar-refractivity contribution in [2.24, 2.45) is 0 Å². The summed E-state index contributed by atoms with van der Waals surface area (Å²) in [4.78, 5) is 0. The standard InChI is InChI=1S/C10H28I2O3Si4/c1-16(2,9-11)13-18(5,6)15-19(7,8)14-17(3,4)10-12/h9-10H2,1-8H3. The maximum absolute atomic E-state index is 6.40. The Bertz CT molecular complexity index is 270. The van der Waals surface area contributed by atoms with E-state index in [-0.39, 0.29) is 0 Å². The van der Waals surface area contributed by atoms with Gasteiger partial charge in [-0.05, 0) is 52.4 Å². The van der Waals surface area contributed by atoms with E-state index in [9.17, 15) is 0 Å². The van der Waals surface area contributed by atoms with Gasteiger partial charge in [0, 0.05) is 8.10 Å². The summed E-state index contributed by atoms with van der Waals surface area (Å²) in [6.07, 6.45) is 0. The van der Waals surface area contributed by atoms with Gasteiger partial charge in [-0.1, -0.05) is 45.2 Å². The predicted molar refractivity (Wildman–Crippen MR) is 111 cm³/mol. The minimum Gasteiger partial charge on any atom is -0.436 e. The Morgan fingerprint density at radius 3 is 1.05 bits per heavy atom. The van der Waals surface area contributed by atoms with Crippen molar-refractivity contribution in [3.05, 3.63) is 0 Å². The zero-order chi connectivity index (χ0) is 15.5. The molecule has 0 rings (SSSR count). The minimum absolute atomic E-state index is 1.10. The normalized spacial score (nSPS) is 14.8. The Morgan fingerprint density at radius 2 is 0.842 bits per heavy atom. The maximum atomic E-state index is 6.40. The van der Waals surface area contributed by atoms with Gasteiger partial charge in [-0.2, -0.15) is 0 Å². The van der Waals surface area contributed by atoms with Crippen LogP contribution in [0.15, 0.2) is 0 Å². The summed E-state index contributed by atoms with van der Waals surface area (Å²) < 4.78 is 21.3. The van der Waals surface area contributed by atoms with Gasteiger partial charge >= 0.3 is 17.1 Å². The van der Waals surface area contributed by atoms with Crippen LogP contribution in [0.25, 0.3) is 0 Å². The molecule has 0 aliphatic rings. The van der Waals surface area contributed by atoms with Gasteiger partial charge < -0.3 is 12.3 Å². The quantitative estimate of drug-likeness (QED) is 0.242. The molecule has 0 aliphatic carbocycles. The van der Waals surface area contributed by atoms with Crippen molar-refractivity contribution in [3.63, 3.8) is 0 Å². The molecule has 0 unspecified atom stereocenters. The Morgan fingerprint density at radius 1 is 0.579 bits per heavy atom. The molecule has 9 heteroatoms. The lowest BCUT2D eigenvalue weighted by atomic mass is 11.8. The average Bonchev–Trinajstić information content (AvgIpc) is 2.12. The molecule has 0 heterocycles. The molecule has 0 aromatic heterocycles. The summed E-state index contributed by atoms with van der Waals surface area (Å²) in [5, 5.41) is 0. The molecule has 0 saturated carbocycles. The van der Waals surface area contributed by atoms with Crippen LogP contribution in [0.2, 0.25) is 52.4 Å². The first-order valence-corrected chi connectivity index (χ1v) is 21.4. The Balaban J connectivity index is 4.72. The molecular formula is C10H28I2O3Si4. The Labute approximate surface area is 150 Å². The van der Waals surface area contributed by atoms with Gasteiger partial charge in [-0.15, -0.1) is 0 Å². The maximum Gasteiger partial charge on any atom is 0.312 e. The van der Waals surface area contributed by atoms with Crippen LogP contribution in [0.3, 0.4) is 0 Å². The van der Waals surface area contributed by atoms with E-state index >= 15 is 0 Å². The molecular weight excluding hydrogens is 534 g/mol. The van der Waals surface area contributed by atoms with E-state index in [4.69, 9.17) is 12.3 Å². The molecule has 0 radical (unpaired) electrons. The molecule has 116 valence electrons. The van der Waals surface area contributed by atoms with Crippen LogP contribution in [-0.2, 0) is 12.3 Å². The van der Waals surface area contributed by atoms with Gasteiger partial charge in [0.1, 0.15) is 0 Å². The highest BCUT2D eigenvalue weighted by atomic mass is 127. The summed E-state index contributed by atoms with van der Waals surface area (Å²) in [6.45, 7) is 17.7. The van der Waals surface area contributed by atoms with Gasteiger partial charge in [0.05, 0.1) is 0 Å². The SMILES string of the molecule is C[Si](C)(CI)O[Si](C)(C)O[Si](C)(C)O[Si](C)(C)CI. The predicted octanol–water partition coefficient (Wildman–Crippen LogP) is 4.80. The Kier molecular flexibility index (Phi) is 8.54. The van der Waals surface area contributed by atoms with Crippen LogP contribution in [0.4, 0.5) is 0 Å². The fraction of sp³-hybridized carbons (Fsp3) is 1.00. The van der Waals surface area contributed by atoms with Crippen molar-refractivity contribution < 1.29 is 12.3 Å². The lowest BCUT2D eigenvalue weighted by molar-refractivity contribution is 0.331. The van der Waals surface area contributed by atoms with E-state index in [1.54, 1.807) is 0 Å². The van der Waals surface area contributed by atoms with Crippen LogP contribution >= 0.6 is 45.2 Å². The van der Waals surface area contributed by atoms with Crippen LogP contribution in [0.1, 0.15) is 0 Å². The van der Waals surface area contributed by atoms with Crippen LogP contribution in [0.5, 0.6) is 0 Å². The van der Waals surface area contributed by atoms with E-state index in [2.05, 4.69) is 97.6 Å². The topological polar surface area (TPSA) is 27.7 Å². The second-order valence-corrected chi connectivity index (χ2v) is 27.1. The summed E-state index contributed by atoms with van der Waals surface area (Å²) in [7, 11) is -7.35. The monoisotopic (exact) mass is 562 g/mol. The van der Waals surface area contributed by atoms with Gasteiger partial charge in [0.2, 0.25) is 0 Å². The van der Waals surface area contributed by atoms with Gasteiger partial charge in [0.15, 0.2) is 16.6 Å². The van der Waals surface area contributed by atoms with E-state index in [1.807, 2.05) is 0 Å². The van der Waals surface area contributed by atoms with Crippen molar-refractivity contribution in [3.8, 4) is 0 Å². The first-order valence-electron chi connectivity index (χ1n) is 6.47. The van der Waals surface area contributed by atoms with Crippen molar-refractivity contribution >= 4 is 78.9 Å². The summed E-state index contributed by atoms with van der Waals surface area (Å²) >= 11 is 4.85. The molecule has 19 heavy (non-hydrogen) atoms. The summed E-state index contributed by atoms with van der Waals surface area (Å²) in [6, 6.07) is 0. The van der Waals surface area contributed by atoms with E-state index in [0.29, 0.717) is 0 Å². The number of halogens is 2. The molecule has 0 aromatic carbocycles. The molecule has 0 atom stereocenters. The van der Waals surface area contributed by atoms with Crippen LogP contribution in [0, 0.1) is 0 Å². The molecule has 0 spiro atoms. The molecule has 0 N–H and O–H groups in total. The number of rotatable bonds is 8. The number of alkyl halides is 2. The minimum atomic E-state index is -2.09. The highest BCUT2D eigenvalue weighted by Crippen LogP contribution is 2.25. The molecule has 0 saturated heterocycles. The second kappa shape index (κ2) is 7.65. The second-order valence-electron chi connectivity index (χ2n) is 6.89. The summed E-state index contributed by atoms with van der Waals surface area (Å²) in [5.74, 6) is 0. The lowest BCUT2D eigenvalue weighted by Crippen LogP contribution is -2.57. The summed E-state index contributed by atoms with van der Waals surface area (Å²) in [5.41, 5.74) is 0. The first kappa shape index (κ1) is 21.2. The number of hydrogen-bond acceptors (Lipinski definition) is 3. The van der Waals surface area contributed by atoms with Crippen molar-refractivity contribution in [2.45, 2.75) is 52.4 Å². The zero-order valence-electron chi connectivity index (χ0n) is 13.4. The lowest BCUT2D eigenvalue weighted by Gasteiger charge is -2.40. The molecule has 0 aliphatic heterocycles. The van der Waals surface area contributed by atoms with Crippen molar-refractivity contribution in [1.82, 2.24) is 0 Å². The van der Waals surface area contributed by atoms with Crippen molar-refractivity contribution in [1.29, 1.82) is 0 Å². The van der Waals surface area contributed by atoms with Crippen LogP contribution < -0.4 is 0 Å². The Hall–Kier alpha value is 2.21. The largest absolute Gasteiger partial charge is 0.436 e. The fourth-order valence-corrected chi connectivity index (χ4v) is 21.7. The van der Waals surface area contributed by atoms with E-state index in [0.717, 1.165) is 8.10 Å². The van der Waals surface area contributed by atoms with Gasteiger partial charge in [0.25, 0.3) is 0 Å². The van der Waals surface area contributed by atoms with Gasteiger partial charge in [-0.25, -0.2) is 0 Å². The highest BCUT2D eigenvalue weighted by molar-refractivity contribution is 14.1. The molecule has 0 aromatic rings. The third kappa shape index (κ3) is 9.75.